The summed E-state index contributed by atoms with van der Waals surface area (Å²) in [5, 5.41) is 3.74. The van der Waals surface area contributed by atoms with Gasteiger partial charge in [0.25, 0.3) is 0 Å². The Bertz CT molecular complexity index is 420. The molecular formula is C18H27ClN2. The van der Waals surface area contributed by atoms with Crippen LogP contribution in [-0.2, 0) is 0 Å². The van der Waals surface area contributed by atoms with Gasteiger partial charge in [0, 0.05) is 12.6 Å². The third kappa shape index (κ3) is 5.82. The zero-order valence-electron chi connectivity index (χ0n) is 12.7. The lowest BCUT2D eigenvalue weighted by Gasteiger charge is -2.31. The standard InChI is InChI=1S/C18H26N2.ClH/c1-2-5-16(6-3-1)7-4-12-20-13-10-18(11-14-20)19-15-17-8-9-17;/h1-7,17-19H,8-15H2;1H/b7-4+;. The molecule has 0 spiro atoms. The molecule has 1 saturated heterocycles. The number of hydrogen-bond donors (Lipinski definition) is 1. The molecule has 0 radical (unpaired) electrons. The van der Waals surface area contributed by atoms with Crippen LogP contribution >= 0.6 is 12.4 Å². The van der Waals surface area contributed by atoms with E-state index < -0.39 is 0 Å². The van der Waals surface area contributed by atoms with E-state index in [-0.39, 0.29) is 12.4 Å². The van der Waals surface area contributed by atoms with E-state index in [9.17, 15) is 0 Å². The predicted molar refractivity (Wildman–Crippen MR) is 92.9 cm³/mol. The van der Waals surface area contributed by atoms with Gasteiger partial charge in [0.2, 0.25) is 0 Å². The summed E-state index contributed by atoms with van der Waals surface area (Å²) in [7, 11) is 0. The molecule has 1 aliphatic heterocycles. The fourth-order valence-corrected chi connectivity index (χ4v) is 2.88. The fraction of sp³-hybridized carbons (Fsp3) is 0.556. The maximum atomic E-state index is 3.74. The molecule has 1 heterocycles. The normalized spacial score (nSPS) is 20.6. The van der Waals surface area contributed by atoms with Crippen molar-refractivity contribution in [1.82, 2.24) is 10.2 Å². The zero-order chi connectivity index (χ0) is 13.6. The first-order chi connectivity index (χ1) is 9.90. The minimum Gasteiger partial charge on any atom is -0.314 e. The van der Waals surface area contributed by atoms with Gasteiger partial charge in [-0.1, -0.05) is 42.5 Å². The number of benzene rings is 1. The third-order valence-corrected chi connectivity index (χ3v) is 4.45. The second kappa shape index (κ2) is 8.57. The minimum atomic E-state index is 0. The zero-order valence-corrected chi connectivity index (χ0v) is 13.5. The van der Waals surface area contributed by atoms with E-state index in [1.54, 1.807) is 0 Å². The van der Waals surface area contributed by atoms with Gasteiger partial charge < -0.3 is 5.32 Å². The van der Waals surface area contributed by atoms with Gasteiger partial charge in [-0.2, -0.15) is 0 Å². The summed E-state index contributed by atoms with van der Waals surface area (Å²) >= 11 is 0. The number of hydrogen-bond acceptors (Lipinski definition) is 2. The van der Waals surface area contributed by atoms with E-state index in [0.29, 0.717) is 0 Å². The highest BCUT2D eigenvalue weighted by Gasteiger charge is 2.23. The Morgan fingerprint density at radius 3 is 2.43 bits per heavy atom. The summed E-state index contributed by atoms with van der Waals surface area (Å²) < 4.78 is 0. The van der Waals surface area contributed by atoms with Gasteiger partial charge in [-0.05, 0) is 56.8 Å². The van der Waals surface area contributed by atoms with Gasteiger partial charge in [-0.3, -0.25) is 4.90 Å². The van der Waals surface area contributed by atoms with Crippen LogP contribution in [0, 0.1) is 5.92 Å². The molecule has 1 aromatic carbocycles. The van der Waals surface area contributed by atoms with Crippen LogP contribution in [0.3, 0.4) is 0 Å². The first kappa shape index (κ1) is 16.5. The van der Waals surface area contributed by atoms with Gasteiger partial charge in [-0.25, -0.2) is 0 Å². The Morgan fingerprint density at radius 2 is 1.76 bits per heavy atom. The molecule has 3 rings (SSSR count). The van der Waals surface area contributed by atoms with Crippen molar-refractivity contribution in [3.8, 4) is 0 Å². The molecule has 0 bridgehead atoms. The highest BCUT2D eigenvalue weighted by Crippen LogP contribution is 2.28. The van der Waals surface area contributed by atoms with Crippen molar-refractivity contribution < 1.29 is 0 Å². The molecule has 2 nitrogen and oxygen atoms in total. The lowest BCUT2D eigenvalue weighted by Crippen LogP contribution is -2.43. The number of likely N-dealkylation sites (tertiary alicyclic amines) is 1. The SMILES string of the molecule is C(=C\c1ccccc1)/CN1CCC(NCC2CC2)CC1.Cl. The summed E-state index contributed by atoms with van der Waals surface area (Å²) in [6, 6.07) is 11.3. The Morgan fingerprint density at radius 1 is 1.05 bits per heavy atom. The monoisotopic (exact) mass is 306 g/mol. The Kier molecular flexibility index (Phi) is 6.75. The van der Waals surface area contributed by atoms with Crippen LogP contribution in [0.4, 0.5) is 0 Å². The first-order valence-electron chi connectivity index (χ1n) is 8.07. The van der Waals surface area contributed by atoms with Crippen molar-refractivity contribution in [2.75, 3.05) is 26.2 Å². The molecule has 1 aromatic rings. The number of rotatable bonds is 6. The molecule has 2 aliphatic rings. The molecule has 0 unspecified atom stereocenters. The molecule has 21 heavy (non-hydrogen) atoms. The van der Waals surface area contributed by atoms with Crippen LogP contribution in [0.15, 0.2) is 36.4 Å². The lowest BCUT2D eigenvalue weighted by atomic mass is 10.0. The summed E-state index contributed by atoms with van der Waals surface area (Å²) in [5.74, 6) is 1.00. The summed E-state index contributed by atoms with van der Waals surface area (Å²) in [4.78, 5) is 2.56. The highest BCUT2D eigenvalue weighted by molar-refractivity contribution is 5.85. The summed E-state index contributed by atoms with van der Waals surface area (Å²) in [6.07, 6.45) is 10.1. The quantitative estimate of drug-likeness (QED) is 0.864. The average Bonchev–Trinajstić information content (AvgIpc) is 3.32. The number of nitrogens with zero attached hydrogens (tertiary/aromatic N) is 1. The van der Waals surface area contributed by atoms with Crippen LogP contribution in [-0.4, -0.2) is 37.1 Å². The summed E-state index contributed by atoms with van der Waals surface area (Å²) in [5.41, 5.74) is 1.30. The van der Waals surface area contributed by atoms with Crippen molar-refractivity contribution in [3.05, 3.63) is 42.0 Å². The minimum absolute atomic E-state index is 0. The maximum absolute atomic E-state index is 3.74. The maximum Gasteiger partial charge on any atom is 0.0166 e. The third-order valence-electron chi connectivity index (χ3n) is 4.45. The van der Waals surface area contributed by atoms with Crippen LogP contribution in [0.2, 0.25) is 0 Å². The van der Waals surface area contributed by atoms with Gasteiger partial charge >= 0.3 is 0 Å². The molecule has 0 amide bonds. The van der Waals surface area contributed by atoms with Crippen molar-refractivity contribution in [2.45, 2.75) is 31.7 Å². The fourth-order valence-electron chi connectivity index (χ4n) is 2.88. The van der Waals surface area contributed by atoms with E-state index in [4.69, 9.17) is 0 Å². The molecule has 2 fully saturated rings. The van der Waals surface area contributed by atoms with Crippen molar-refractivity contribution in [2.24, 2.45) is 5.92 Å². The van der Waals surface area contributed by atoms with Gasteiger partial charge in [0.1, 0.15) is 0 Å². The van der Waals surface area contributed by atoms with E-state index in [1.807, 2.05) is 0 Å². The van der Waals surface area contributed by atoms with Crippen LogP contribution < -0.4 is 5.32 Å². The van der Waals surface area contributed by atoms with E-state index in [1.165, 1.54) is 50.9 Å². The number of piperidine rings is 1. The molecule has 1 N–H and O–H groups in total. The smallest absolute Gasteiger partial charge is 0.0166 e. The second-order valence-corrected chi connectivity index (χ2v) is 6.24. The van der Waals surface area contributed by atoms with Gasteiger partial charge in [0.05, 0.1) is 0 Å². The van der Waals surface area contributed by atoms with Gasteiger partial charge in [-0.15, -0.1) is 12.4 Å². The van der Waals surface area contributed by atoms with Crippen molar-refractivity contribution in [1.29, 1.82) is 0 Å². The van der Waals surface area contributed by atoms with Crippen LogP contribution in [0.5, 0.6) is 0 Å². The Balaban J connectivity index is 0.00000161. The topological polar surface area (TPSA) is 15.3 Å². The molecular weight excluding hydrogens is 280 g/mol. The van der Waals surface area contributed by atoms with Crippen LogP contribution in [0.1, 0.15) is 31.2 Å². The Hall–Kier alpha value is -0.830. The van der Waals surface area contributed by atoms with Crippen molar-refractivity contribution >= 4 is 18.5 Å². The molecule has 0 atom stereocenters. The lowest BCUT2D eigenvalue weighted by molar-refractivity contribution is 0.215. The number of halogens is 1. The van der Waals surface area contributed by atoms with E-state index in [2.05, 4.69) is 52.7 Å². The average molecular weight is 307 g/mol. The highest BCUT2D eigenvalue weighted by atomic mass is 35.5. The van der Waals surface area contributed by atoms with Crippen molar-refractivity contribution in [3.63, 3.8) is 0 Å². The van der Waals surface area contributed by atoms with E-state index in [0.717, 1.165) is 18.5 Å². The van der Waals surface area contributed by atoms with Gasteiger partial charge in [0.15, 0.2) is 0 Å². The predicted octanol–water partition coefficient (Wildman–Crippen LogP) is 3.59. The Labute approximate surface area is 135 Å². The number of nitrogens with one attached hydrogen (secondary N) is 1. The molecule has 1 aliphatic carbocycles. The first-order valence-corrected chi connectivity index (χ1v) is 8.07. The van der Waals surface area contributed by atoms with E-state index >= 15 is 0 Å². The molecule has 116 valence electrons. The summed E-state index contributed by atoms with van der Waals surface area (Å²) in [6.45, 7) is 4.83. The largest absolute Gasteiger partial charge is 0.314 e. The molecule has 1 saturated carbocycles. The second-order valence-electron chi connectivity index (χ2n) is 6.24. The molecule has 3 heteroatoms. The molecule has 0 aromatic heterocycles. The van der Waals surface area contributed by atoms with Crippen LogP contribution in [0.25, 0.3) is 6.08 Å².